The molecule has 0 radical (unpaired) electrons. The van der Waals surface area contributed by atoms with Gasteiger partial charge in [-0.1, -0.05) is 15.9 Å². The molecule has 0 aliphatic heterocycles. The molecule has 1 aliphatic rings. The highest BCUT2D eigenvalue weighted by molar-refractivity contribution is 9.10. The Morgan fingerprint density at radius 1 is 1.33 bits per heavy atom. The largest absolute Gasteiger partial charge is 0.293 e. The minimum atomic E-state index is -0.281. The van der Waals surface area contributed by atoms with Gasteiger partial charge in [0.15, 0.2) is 5.78 Å². The van der Waals surface area contributed by atoms with Gasteiger partial charge >= 0.3 is 0 Å². The highest BCUT2D eigenvalue weighted by atomic mass is 79.9. The highest BCUT2D eigenvalue weighted by Crippen LogP contribution is 2.27. The van der Waals surface area contributed by atoms with Crippen LogP contribution in [-0.2, 0) is 6.42 Å². The lowest BCUT2D eigenvalue weighted by Crippen LogP contribution is -2.22. The molecule has 1 aliphatic carbocycles. The van der Waals surface area contributed by atoms with Crippen LogP contribution in [0, 0.1) is 5.82 Å². The maximum Gasteiger partial charge on any atom is 0.179 e. The molecule has 0 bridgehead atoms. The second-order valence-electron chi connectivity index (χ2n) is 4.26. The van der Waals surface area contributed by atoms with Crippen LogP contribution in [-0.4, -0.2) is 20.4 Å². The number of carbonyl (C=O) groups excluding carboxylic acids is 1. The molecule has 1 aromatic carbocycles. The smallest absolute Gasteiger partial charge is 0.179 e. The number of rotatable bonds is 1. The van der Waals surface area contributed by atoms with E-state index in [4.69, 9.17) is 0 Å². The van der Waals surface area contributed by atoms with Gasteiger partial charge in [-0.25, -0.2) is 9.07 Å². The Balaban J connectivity index is 2.08. The number of Topliss-reactive ketones (excluding diaryl/α,β-unsaturated/α-hetero) is 1. The maximum atomic E-state index is 12.9. The van der Waals surface area contributed by atoms with Crippen LogP contribution in [0.1, 0.15) is 22.5 Å². The standard InChI is InChI=1S/C13H10BrFN2O/c14-11-5-6-12-10(13(11)18)7-16-17(12)9-3-1-8(15)2-4-9/h1-4,7,11H,5-6H2. The summed E-state index contributed by atoms with van der Waals surface area (Å²) in [5.74, 6) is -0.207. The van der Waals surface area contributed by atoms with E-state index in [2.05, 4.69) is 21.0 Å². The molecule has 0 fully saturated rings. The third kappa shape index (κ3) is 1.79. The summed E-state index contributed by atoms with van der Waals surface area (Å²) in [4.78, 5) is 11.8. The van der Waals surface area contributed by atoms with Crippen molar-refractivity contribution < 1.29 is 9.18 Å². The van der Waals surface area contributed by atoms with Gasteiger partial charge in [-0.15, -0.1) is 0 Å². The first-order valence-corrected chi connectivity index (χ1v) is 6.59. The molecule has 0 saturated heterocycles. The van der Waals surface area contributed by atoms with Gasteiger partial charge in [0.1, 0.15) is 5.82 Å². The summed E-state index contributed by atoms with van der Waals surface area (Å²) in [7, 11) is 0. The Kier molecular flexibility index (Phi) is 2.78. The summed E-state index contributed by atoms with van der Waals surface area (Å²) in [6, 6.07) is 6.10. The van der Waals surface area contributed by atoms with E-state index in [1.807, 2.05) is 0 Å². The quantitative estimate of drug-likeness (QED) is 0.759. The van der Waals surface area contributed by atoms with E-state index in [9.17, 15) is 9.18 Å². The predicted octanol–water partition coefficient (Wildman–Crippen LogP) is 2.90. The lowest BCUT2D eigenvalue weighted by Gasteiger charge is -2.17. The molecule has 3 rings (SSSR count). The second kappa shape index (κ2) is 4.31. The Morgan fingerprint density at radius 3 is 2.78 bits per heavy atom. The molecule has 0 amide bonds. The van der Waals surface area contributed by atoms with Crippen molar-refractivity contribution in [2.24, 2.45) is 0 Å². The first kappa shape index (κ1) is 11.6. The lowest BCUT2D eigenvalue weighted by molar-refractivity contribution is 0.0981. The van der Waals surface area contributed by atoms with Gasteiger partial charge in [0, 0.05) is 0 Å². The molecule has 18 heavy (non-hydrogen) atoms. The molecule has 1 unspecified atom stereocenters. The summed E-state index contributed by atoms with van der Waals surface area (Å²) in [5, 5.41) is 4.24. The van der Waals surface area contributed by atoms with Crippen LogP contribution >= 0.6 is 15.9 Å². The fourth-order valence-electron chi connectivity index (χ4n) is 2.19. The van der Waals surface area contributed by atoms with Crippen LogP contribution in [0.5, 0.6) is 0 Å². The molecular weight excluding hydrogens is 299 g/mol. The number of fused-ring (bicyclic) bond motifs is 1. The Labute approximate surface area is 112 Å². The van der Waals surface area contributed by atoms with E-state index < -0.39 is 0 Å². The van der Waals surface area contributed by atoms with Crippen molar-refractivity contribution in [1.82, 2.24) is 9.78 Å². The van der Waals surface area contributed by atoms with Gasteiger partial charge in [0.25, 0.3) is 0 Å². The third-order valence-corrected chi connectivity index (χ3v) is 4.00. The number of nitrogens with zero attached hydrogens (tertiary/aromatic N) is 2. The molecule has 1 atom stereocenters. The average molecular weight is 309 g/mol. The number of hydrogen-bond acceptors (Lipinski definition) is 2. The van der Waals surface area contributed by atoms with Gasteiger partial charge < -0.3 is 0 Å². The van der Waals surface area contributed by atoms with Gasteiger partial charge in [0.2, 0.25) is 0 Å². The van der Waals surface area contributed by atoms with Crippen LogP contribution < -0.4 is 0 Å². The van der Waals surface area contributed by atoms with E-state index >= 15 is 0 Å². The minimum Gasteiger partial charge on any atom is -0.293 e. The van der Waals surface area contributed by atoms with Crippen molar-refractivity contribution >= 4 is 21.7 Å². The predicted molar refractivity (Wildman–Crippen MR) is 68.9 cm³/mol. The molecule has 2 aromatic rings. The van der Waals surface area contributed by atoms with Gasteiger partial charge in [-0.2, -0.15) is 5.10 Å². The van der Waals surface area contributed by atoms with E-state index in [1.165, 1.54) is 12.1 Å². The Morgan fingerprint density at radius 2 is 2.06 bits per heavy atom. The Bertz CT molecular complexity index is 606. The topological polar surface area (TPSA) is 34.9 Å². The summed E-state index contributed by atoms with van der Waals surface area (Å²) < 4.78 is 14.6. The molecule has 3 nitrogen and oxygen atoms in total. The number of ketones is 1. The van der Waals surface area contributed by atoms with Crippen LogP contribution in [0.15, 0.2) is 30.5 Å². The van der Waals surface area contributed by atoms with Crippen molar-refractivity contribution in [2.75, 3.05) is 0 Å². The normalized spacial score (nSPS) is 18.8. The number of alkyl halides is 1. The third-order valence-electron chi connectivity index (χ3n) is 3.12. The van der Waals surface area contributed by atoms with Crippen LogP contribution in [0.2, 0.25) is 0 Å². The summed E-state index contributed by atoms with van der Waals surface area (Å²) in [5.41, 5.74) is 2.34. The fourth-order valence-corrected chi connectivity index (χ4v) is 2.66. The van der Waals surface area contributed by atoms with Gasteiger partial charge in [0.05, 0.1) is 28.0 Å². The molecule has 0 N–H and O–H groups in total. The number of hydrogen-bond donors (Lipinski definition) is 0. The monoisotopic (exact) mass is 308 g/mol. The lowest BCUT2D eigenvalue weighted by atomic mass is 9.96. The second-order valence-corrected chi connectivity index (χ2v) is 5.37. The van der Waals surface area contributed by atoms with Crippen LogP contribution in [0.4, 0.5) is 4.39 Å². The SMILES string of the molecule is O=C1c2cnn(-c3ccc(F)cc3)c2CCC1Br. The zero-order valence-corrected chi connectivity index (χ0v) is 11.0. The van der Waals surface area contributed by atoms with Crippen molar-refractivity contribution in [3.63, 3.8) is 0 Å². The highest BCUT2D eigenvalue weighted by Gasteiger charge is 2.28. The first-order valence-electron chi connectivity index (χ1n) is 5.68. The minimum absolute atomic E-state index is 0.0737. The fraction of sp³-hybridized carbons (Fsp3) is 0.231. The molecule has 92 valence electrons. The molecule has 0 spiro atoms. The first-order chi connectivity index (χ1) is 8.66. The van der Waals surface area contributed by atoms with Crippen LogP contribution in [0.3, 0.4) is 0 Å². The van der Waals surface area contributed by atoms with Crippen molar-refractivity contribution in [3.05, 3.63) is 47.5 Å². The maximum absolute atomic E-state index is 12.9. The van der Waals surface area contributed by atoms with Crippen molar-refractivity contribution in [1.29, 1.82) is 0 Å². The molecule has 1 aromatic heterocycles. The van der Waals surface area contributed by atoms with E-state index in [0.717, 1.165) is 24.2 Å². The zero-order valence-electron chi connectivity index (χ0n) is 9.44. The van der Waals surface area contributed by atoms with Crippen molar-refractivity contribution in [2.45, 2.75) is 17.7 Å². The zero-order chi connectivity index (χ0) is 12.7. The molecule has 0 saturated carbocycles. The van der Waals surface area contributed by atoms with E-state index in [-0.39, 0.29) is 16.4 Å². The Hall–Kier alpha value is -1.49. The number of carbonyl (C=O) groups is 1. The van der Waals surface area contributed by atoms with E-state index in [0.29, 0.717) is 5.56 Å². The summed E-state index contributed by atoms with van der Waals surface area (Å²) >= 11 is 3.36. The average Bonchev–Trinajstić information content (AvgIpc) is 2.79. The summed E-state index contributed by atoms with van der Waals surface area (Å²) in [6.07, 6.45) is 3.14. The van der Waals surface area contributed by atoms with Crippen LogP contribution in [0.25, 0.3) is 5.69 Å². The number of aromatic nitrogens is 2. The summed E-state index contributed by atoms with van der Waals surface area (Å²) in [6.45, 7) is 0. The van der Waals surface area contributed by atoms with Gasteiger partial charge in [-0.05, 0) is 37.1 Å². The molecule has 1 heterocycles. The number of halogens is 2. The molecular formula is C13H10BrFN2O. The van der Waals surface area contributed by atoms with Gasteiger partial charge in [-0.3, -0.25) is 4.79 Å². The number of benzene rings is 1. The van der Waals surface area contributed by atoms with E-state index in [1.54, 1.807) is 23.0 Å². The van der Waals surface area contributed by atoms with Crippen molar-refractivity contribution in [3.8, 4) is 5.69 Å². The molecule has 5 heteroatoms.